The van der Waals surface area contributed by atoms with Crippen LogP contribution in [0.4, 0.5) is 11.4 Å². The van der Waals surface area contributed by atoms with Crippen LogP contribution in [0.15, 0.2) is 88.2 Å². The Hall–Kier alpha value is -3.72. The number of hydrogen-bond acceptors (Lipinski definition) is 5. The number of methoxy groups -OCH3 is 1. The summed E-state index contributed by atoms with van der Waals surface area (Å²) in [5.74, 6) is 0.310. The Balaban J connectivity index is 2.12. The smallest absolute Gasteiger partial charge is 0.284 e. The highest BCUT2D eigenvalue weighted by Crippen LogP contribution is 2.29. The zero-order valence-electron chi connectivity index (χ0n) is 15.3. The molecule has 0 aliphatic rings. The van der Waals surface area contributed by atoms with Gasteiger partial charge in [-0.1, -0.05) is 48.5 Å². The molecule has 3 aromatic carbocycles. The van der Waals surface area contributed by atoms with Crippen molar-refractivity contribution in [2.45, 2.75) is 4.90 Å². The van der Waals surface area contributed by atoms with Gasteiger partial charge in [-0.25, -0.2) is 0 Å². The molecule has 0 saturated heterocycles. The molecule has 0 radical (unpaired) electrons. The number of non-ortho nitro benzene ring substituents is 1. The number of anilines is 1. The van der Waals surface area contributed by atoms with Crippen molar-refractivity contribution >= 4 is 27.2 Å². The quantitative estimate of drug-likeness (QED) is 0.285. The standard InChI is InChI=1S/C20H17N3O5S/c1-28-19-13-12-16(23(24)25)14-18(19)21-20(15-8-4-2-5-9-15)22-29(26,27)17-10-6-3-7-11-17/h2-14H,1H3,(H,21,22). The van der Waals surface area contributed by atoms with E-state index in [0.29, 0.717) is 11.3 Å². The summed E-state index contributed by atoms with van der Waals surface area (Å²) in [5.41, 5.74) is 0.528. The van der Waals surface area contributed by atoms with Crippen LogP contribution in [0.3, 0.4) is 0 Å². The SMILES string of the molecule is COc1ccc([N+](=O)[O-])cc1NC(=NS(=O)(=O)c1ccccc1)c1ccccc1. The van der Waals surface area contributed by atoms with E-state index in [0.717, 1.165) is 0 Å². The number of hydrogen-bond donors (Lipinski definition) is 1. The van der Waals surface area contributed by atoms with Gasteiger partial charge in [0, 0.05) is 17.7 Å². The topological polar surface area (TPSA) is 111 Å². The van der Waals surface area contributed by atoms with Crippen molar-refractivity contribution in [3.8, 4) is 5.75 Å². The summed E-state index contributed by atoms with van der Waals surface area (Å²) < 4.78 is 34.7. The van der Waals surface area contributed by atoms with E-state index in [1.807, 2.05) is 0 Å². The molecule has 0 saturated carbocycles. The van der Waals surface area contributed by atoms with Crippen molar-refractivity contribution < 1.29 is 18.1 Å². The van der Waals surface area contributed by atoms with Gasteiger partial charge < -0.3 is 10.1 Å². The highest BCUT2D eigenvalue weighted by Gasteiger charge is 2.18. The Morgan fingerprint density at radius 3 is 2.21 bits per heavy atom. The van der Waals surface area contributed by atoms with Gasteiger partial charge in [-0.2, -0.15) is 8.42 Å². The van der Waals surface area contributed by atoms with Gasteiger partial charge in [0.25, 0.3) is 15.7 Å². The molecule has 148 valence electrons. The Morgan fingerprint density at radius 1 is 1.00 bits per heavy atom. The number of sulfonamides is 1. The van der Waals surface area contributed by atoms with Crippen LogP contribution >= 0.6 is 0 Å². The van der Waals surface area contributed by atoms with E-state index in [1.165, 1.54) is 37.4 Å². The first-order valence-corrected chi connectivity index (χ1v) is 9.89. The molecule has 0 fully saturated rings. The third-order valence-electron chi connectivity index (χ3n) is 3.95. The molecule has 3 aromatic rings. The zero-order valence-corrected chi connectivity index (χ0v) is 16.2. The first-order valence-electron chi connectivity index (χ1n) is 8.45. The predicted molar refractivity (Wildman–Crippen MR) is 110 cm³/mol. The molecule has 0 unspecified atom stereocenters. The Bertz CT molecular complexity index is 1150. The van der Waals surface area contributed by atoms with E-state index >= 15 is 0 Å². The summed E-state index contributed by atoms with van der Waals surface area (Å²) in [5, 5.41) is 14.0. The predicted octanol–water partition coefficient (Wildman–Crippen LogP) is 3.85. The molecule has 0 spiro atoms. The fourth-order valence-electron chi connectivity index (χ4n) is 2.54. The van der Waals surface area contributed by atoms with E-state index in [9.17, 15) is 18.5 Å². The number of nitrogens with one attached hydrogen (secondary N) is 1. The van der Waals surface area contributed by atoms with E-state index in [1.54, 1.807) is 48.5 Å². The normalized spacial score (nSPS) is 11.7. The van der Waals surface area contributed by atoms with Crippen LogP contribution in [-0.2, 0) is 10.0 Å². The maximum Gasteiger partial charge on any atom is 0.284 e. The molecule has 0 amide bonds. The second-order valence-corrected chi connectivity index (χ2v) is 7.46. The Kier molecular flexibility index (Phi) is 5.89. The Morgan fingerprint density at radius 2 is 1.62 bits per heavy atom. The lowest BCUT2D eigenvalue weighted by Gasteiger charge is -2.13. The summed E-state index contributed by atoms with van der Waals surface area (Å²) in [6.45, 7) is 0. The first-order chi connectivity index (χ1) is 13.9. The van der Waals surface area contributed by atoms with Gasteiger partial charge in [0.05, 0.1) is 22.6 Å². The molecule has 0 heterocycles. The molecule has 0 bridgehead atoms. The fourth-order valence-corrected chi connectivity index (χ4v) is 3.54. The largest absolute Gasteiger partial charge is 0.495 e. The third kappa shape index (κ3) is 4.77. The second-order valence-electron chi connectivity index (χ2n) is 5.86. The number of nitrogens with zero attached hydrogens (tertiary/aromatic N) is 2. The minimum atomic E-state index is -4.02. The summed E-state index contributed by atoms with van der Waals surface area (Å²) in [6, 6.07) is 20.3. The van der Waals surface area contributed by atoms with Gasteiger partial charge in [0.15, 0.2) is 5.84 Å². The highest BCUT2D eigenvalue weighted by molar-refractivity contribution is 7.90. The third-order valence-corrected chi connectivity index (χ3v) is 5.24. The monoisotopic (exact) mass is 411 g/mol. The summed E-state index contributed by atoms with van der Waals surface area (Å²) in [4.78, 5) is 10.6. The Labute approximate surface area is 167 Å². The average Bonchev–Trinajstić information content (AvgIpc) is 2.74. The van der Waals surface area contributed by atoms with Crippen molar-refractivity contribution in [3.63, 3.8) is 0 Å². The summed E-state index contributed by atoms with van der Waals surface area (Å²) in [6.07, 6.45) is 0. The molecule has 9 heteroatoms. The number of benzene rings is 3. The maximum atomic E-state index is 12.8. The zero-order chi connectivity index (χ0) is 20.9. The fraction of sp³-hybridized carbons (Fsp3) is 0.0500. The summed E-state index contributed by atoms with van der Waals surface area (Å²) in [7, 11) is -2.61. The van der Waals surface area contributed by atoms with Gasteiger partial charge in [-0.15, -0.1) is 4.40 Å². The van der Waals surface area contributed by atoms with Gasteiger partial charge >= 0.3 is 0 Å². The molecule has 8 nitrogen and oxygen atoms in total. The van der Waals surface area contributed by atoms with E-state index in [4.69, 9.17) is 4.74 Å². The number of nitro groups is 1. The number of ether oxygens (including phenoxy) is 1. The van der Waals surface area contributed by atoms with Crippen LogP contribution in [0.1, 0.15) is 5.56 Å². The van der Waals surface area contributed by atoms with E-state index in [-0.39, 0.29) is 22.1 Å². The molecule has 3 rings (SSSR count). The lowest BCUT2D eigenvalue weighted by Crippen LogP contribution is -2.17. The lowest BCUT2D eigenvalue weighted by molar-refractivity contribution is -0.384. The number of rotatable bonds is 6. The molecular formula is C20H17N3O5S. The van der Waals surface area contributed by atoms with Crippen molar-refractivity contribution in [2.75, 3.05) is 12.4 Å². The molecule has 1 N–H and O–H groups in total. The van der Waals surface area contributed by atoms with Crippen molar-refractivity contribution in [2.24, 2.45) is 4.40 Å². The van der Waals surface area contributed by atoms with Crippen LogP contribution in [0.25, 0.3) is 0 Å². The van der Waals surface area contributed by atoms with Crippen LogP contribution in [0, 0.1) is 10.1 Å². The van der Waals surface area contributed by atoms with E-state index < -0.39 is 14.9 Å². The average molecular weight is 411 g/mol. The second kappa shape index (κ2) is 8.53. The maximum absolute atomic E-state index is 12.8. The van der Waals surface area contributed by atoms with E-state index in [2.05, 4.69) is 9.71 Å². The summed E-state index contributed by atoms with van der Waals surface area (Å²) >= 11 is 0. The van der Waals surface area contributed by atoms with Crippen LogP contribution in [0.2, 0.25) is 0 Å². The van der Waals surface area contributed by atoms with Crippen molar-refractivity contribution in [3.05, 3.63) is 94.5 Å². The van der Waals surface area contributed by atoms with Crippen LogP contribution in [0.5, 0.6) is 5.75 Å². The number of nitro benzene ring substituents is 1. The first kappa shape index (κ1) is 20.0. The molecule has 29 heavy (non-hydrogen) atoms. The molecule has 0 aliphatic heterocycles. The minimum Gasteiger partial charge on any atom is -0.495 e. The van der Waals surface area contributed by atoms with Gasteiger partial charge in [0.1, 0.15) is 5.75 Å². The van der Waals surface area contributed by atoms with Crippen LogP contribution in [-0.4, -0.2) is 26.3 Å². The molecule has 0 atom stereocenters. The highest BCUT2D eigenvalue weighted by atomic mass is 32.2. The molecule has 0 aliphatic carbocycles. The number of amidine groups is 1. The van der Waals surface area contributed by atoms with Gasteiger partial charge in [-0.05, 0) is 18.2 Å². The van der Waals surface area contributed by atoms with Crippen LogP contribution < -0.4 is 10.1 Å². The molecule has 0 aromatic heterocycles. The van der Waals surface area contributed by atoms with Gasteiger partial charge in [-0.3, -0.25) is 10.1 Å². The van der Waals surface area contributed by atoms with Crippen molar-refractivity contribution in [1.29, 1.82) is 0 Å². The molecular weight excluding hydrogens is 394 g/mol. The van der Waals surface area contributed by atoms with Crippen molar-refractivity contribution in [1.82, 2.24) is 0 Å². The minimum absolute atomic E-state index is 0.00764. The van der Waals surface area contributed by atoms with Gasteiger partial charge in [0.2, 0.25) is 0 Å². The lowest BCUT2D eigenvalue weighted by atomic mass is 10.2.